The van der Waals surface area contributed by atoms with E-state index < -0.39 is 11.1 Å². The third kappa shape index (κ3) is 3.88. The average Bonchev–Trinajstić information content (AvgIpc) is 2.34. The highest BCUT2D eigenvalue weighted by Crippen LogP contribution is 2.30. The molecule has 0 amide bonds. The van der Waals surface area contributed by atoms with Gasteiger partial charge in [0.25, 0.3) is 0 Å². The largest absolute Gasteiger partial charge is 0.491 e. The zero-order chi connectivity index (χ0) is 15.6. The molecule has 2 rings (SSSR count). The molecule has 1 aromatic carbocycles. The van der Waals surface area contributed by atoms with Crippen molar-refractivity contribution in [3.63, 3.8) is 0 Å². The maximum atomic E-state index is 11.3. The predicted octanol–water partition coefficient (Wildman–Crippen LogP) is 0.989. The van der Waals surface area contributed by atoms with Gasteiger partial charge < -0.3 is 10.5 Å². The highest BCUT2D eigenvalue weighted by atomic mass is 32.2. The van der Waals surface area contributed by atoms with Crippen molar-refractivity contribution in [2.75, 3.05) is 5.73 Å². The third-order valence-electron chi connectivity index (χ3n) is 2.43. The maximum absolute atomic E-state index is 11.3. The highest BCUT2D eigenvalue weighted by molar-refractivity contribution is 7.99. The first-order chi connectivity index (χ1) is 9.85. The Labute approximate surface area is 125 Å². The van der Waals surface area contributed by atoms with Gasteiger partial charge in [0, 0.05) is 23.7 Å². The van der Waals surface area contributed by atoms with Crippen molar-refractivity contribution < 1.29 is 4.74 Å². The minimum Gasteiger partial charge on any atom is -0.491 e. The molecule has 0 spiro atoms. The van der Waals surface area contributed by atoms with Gasteiger partial charge in [0.05, 0.1) is 6.10 Å². The Morgan fingerprint density at radius 1 is 1.33 bits per heavy atom. The van der Waals surface area contributed by atoms with Gasteiger partial charge >= 0.3 is 11.1 Å². The quantitative estimate of drug-likeness (QED) is 0.645. The van der Waals surface area contributed by atoms with E-state index in [0.717, 1.165) is 4.90 Å². The maximum Gasteiger partial charge on any atom is 0.339 e. The van der Waals surface area contributed by atoms with Crippen molar-refractivity contribution in [2.45, 2.75) is 30.0 Å². The van der Waals surface area contributed by atoms with E-state index in [-0.39, 0.29) is 6.10 Å². The van der Waals surface area contributed by atoms with E-state index in [0.29, 0.717) is 16.6 Å². The van der Waals surface area contributed by atoms with Crippen molar-refractivity contribution in [3.05, 3.63) is 38.9 Å². The fraction of sp³-hybridized carbons (Fsp3) is 0.308. The molecular formula is C13H16N4O3S. The van der Waals surface area contributed by atoms with Crippen LogP contribution in [0.15, 0.2) is 37.8 Å². The molecular weight excluding hydrogens is 292 g/mol. The monoisotopic (exact) mass is 308 g/mol. The fourth-order valence-corrected chi connectivity index (χ4v) is 2.54. The van der Waals surface area contributed by atoms with Crippen LogP contribution in [0.25, 0.3) is 0 Å². The van der Waals surface area contributed by atoms with Crippen molar-refractivity contribution in [3.8, 4) is 5.75 Å². The van der Waals surface area contributed by atoms with Crippen LogP contribution >= 0.6 is 11.8 Å². The van der Waals surface area contributed by atoms with Crippen LogP contribution < -0.4 is 21.6 Å². The van der Waals surface area contributed by atoms with E-state index in [1.54, 1.807) is 25.2 Å². The van der Waals surface area contributed by atoms with Gasteiger partial charge in [-0.05, 0) is 37.7 Å². The zero-order valence-electron chi connectivity index (χ0n) is 11.9. The SMILES string of the molecule is CC(C)Oc1cc(N)cc(Sc2nc(=O)c(=O)[nH]n2C)c1. The van der Waals surface area contributed by atoms with Gasteiger partial charge in [-0.25, -0.2) is 0 Å². The standard InChI is InChI=1S/C13H16N4O3S/c1-7(2)20-9-4-8(14)5-10(6-9)21-13-15-11(18)12(19)16-17(13)3/h4-7H,14H2,1-3H3,(H,16,19). The Hall–Kier alpha value is -2.22. The number of anilines is 1. The number of aromatic amines is 1. The second kappa shape index (κ2) is 6.04. The molecule has 21 heavy (non-hydrogen) atoms. The summed E-state index contributed by atoms with van der Waals surface area (Å²) in [5.41, 5.74) is 4.81. The number of nitrogens with one attached hydrogen (secondary N) is 1. The Kier molecular flexibility index (Phi) is 4.37. The summed E-state index contributed by atoms with van der Waals surface area (Å²) < 4.78 is 7.00. The molecule has 7 nitrogen and oxygen atoms in total. The van der Waals surface area contributed by atoms with Gasteiger partial charge in [-0.15, -0.1) is 0 Å². The van der Waals surface area contributed by atoms with Crippen molar-refractivity contribution in [1.82, 2.24) is 14.8 Å². The van der Waals surface area contributed by atoms with Crippen LogP contribution in [0.3, 0.4) is 0 Å². The Balaban J connectivity index is 2.35. The Morgan fingerprint density at radius 3 is 2.71 bits per heavy atom. The molecule has 0 aliphatic rings. The van der Waals surface area contributed by atoms with Gasteiger partial charge in [0.15, 0.2) is 5.16 Å². The minimum atomic E-state index is -0.821. The number of nitrogen functional groups attached to an aromatic ring is 1. The molecule has 1 heterocycles. The normalized spacial score (nSPS) is 10.9. The molecule has 0 bridgehead atoms. The van der Waals surface area contributed by atoms with E-state index in [2.05, 4.69) is 10.1 Å². The van der Waals surface area contributed by atoms with Crippen LogP contribution in [-0.2, 0) is 7.05 Å². The summed E-state index contributed by atoms with van der Waals surface area (Å²) in [5, 5.41) is 2.75. The number of hydrogen-bond acceptors (Lipinski definition) is 6. The van der Waals surface area contributed by atoms with Gasteiger partial charge in [0.1, 0.15) is 5.75 Å². The fourth-order valence-electron chi connectivity index (χ4n) is 1.65. The second-order valence-corrected chi connectivity index (χ2v) is 5.75. The first-order valence-corrected chi connectivity index (χ1v) is 7.09. The number of nitrogens with zero attached hydrogens (tertiary/aromatic N) is 2. The number of nitrogens with two attached hydrogens (primary N) is 1. The molecule has 0 radical (unpaired) electrons. The van der Waals surface area contributed by atoms with E-state index in [9.17, 15) is 9.59 Å². The van der Waals surface area contributed by atoms with E-state index in [1.807, 2.05) is 13.8 Å². The van der Waals surface area contributed by atoms with Crippen LogP contribution in [0, 0.1) is 0 Å². The van der Waals surface area contributed by atoms with E-state index in [4.69, 9.17) is 10.5 Å². The molecule has 0 saturated carbocycles. The molecule has 0 unspecified atom stereocenters. The first-order valence-electron chi connectivity index (χ1n) is 6.27. The number of rotatable bonds is 4. The molecule has 3 N–H and O–H groups in total. The lowest BCUT2D eigenvalue weighted by Gasteiger charge is -2.12. The molecule has 2 aromatic rings. The smallest absolute Gasteiger partial charge is 0.339 e. The molecule has 112 valence electrons. The van der Waals surface area contributed by atoms with Crippen LogP contribution in [-0.4, -0.2) is 20.9 Å². The number of aryl methyl sites for hydroxylation is 1. The lowest BCUT2D eigenvalue weighted by molar-refractivity contribution is 0.242. The molecule has 1 aromatic heterocycles. The number of benzene rings is 1. The van der Waals surface area contributed by atoms with Crippen molar-refractivity contribution in [2.24, 2.45) is 7.05 Å². The summed E-state index contributed by atoms with van der Waals surface area (Å²) in [4.78, 5) is 27.0. The number of aromatic nitrogens is 3. The molecule has 0 fully saturated rings. The number of H-pyrrole nitrogens is 1. The summed E-state index contributed by atoms with van der Waals surface area (Å²) in [6, 6.07) is 5.27. The van der Waals surface area contributed by atoms with E-state index >= 15 is 0 Å². The Morgan fingerprint density at radius 2 is 2.05 bits per heavy atom. The van der Waals surface area contributed by atoms with Crippen LogP contribution in [0.4, 0.5) is 5.69 Å². The number of hydrogen-bond donors (Lipinski definition) is 2. The summed E-state index contributed by atoms with van der Waals surface area (Å²) in [6.07, 6.45) is 0.0280. The van der Waals surface area contributed by atoms with Gasteiger partial charge in [0.2, 0.25) is 0 Å². The average molecular weight is 308 g/mol. The second-order valence-electron chi connectivity index (χ2n) is 4.71. The van der Waals surface area contributed by atoms with Crippen LogP contribution in [0.5, 0.6) is 5.75 Å². The predicted molar refractivity (Wildman–Crippen MR) is 80.8 cm³/mol. The number of ether oxygens (including phenoxy) is 1. The Bertz CT molecular complexity index is 767. The lowest BCUT2D eigenvalue weighted by atomic mass is 10.3. The molecule has 0 saturated heterocycles. The molecule has 0 aliphatic heterocycles. The van der Waals surface area contributed by atoms with Crippen LogP contribution in [0.2, 0.25) is 0 Å². The summed E-state index contributed by atoms with van der Waals surface area (Å²) >= 11 is 1.21. The van der Waals surface area contributed by atoms with E-state index in [1.165, 1.54) is 16.4 Å². The topological polar surface area (TPSA) is 103 Å². The summed E-state index contributed by atoms with van der Waals surface area (Å²) in [7, 11) is 1.61. The zero-order valence-corrected chi connectivity index (χ0v) is 12.7. The van der Waals surface area contributed by atoms with Gasteiger partial charge in [-0.3, -0.25) is 19.4 Å². The van der Waals surface area contributed by atoms with Crippen molar-refractivity contribution >= 4 is 17.4 Å². The lowest BCUT2D eigenvalue weighted by Crippen LogP contribution is -2.33. The highest BCUT2D eigenvalue weighted by Gasteiger charge is 2.09. The van der Waals surface area contributed by atoms with Crippen molar-refractivity contribution in [1.29, 1.82) is 0 Å². The van der Waals surface area contributed by atoms with Gasteiger partial charge in [-0.1, -0.05) is 0 Å². The van der Waals surface area contributed by atoms with Crippen LogP contribution in [0.1, 0.15) is 13.8 Å². The molecule has 8 heteroatoms. The third-order valence-corrected chi connectivity index (χ3v) is 3.45. The summed E-state index contributed by atoms with van der Waals surface area (Å²) in [5.74, 6) is 0.641. The molecule has 0 atom stereocenters. The van der Waals surface area contributed by atoms with Gasteiger partial charge in [-0.2, -0.15) is 4.98 Å². The summed E-state index contributed by atoms with van der Waals surface area (Å²) in [6.45, 7) is 3.84. The first kappa shape index (κ1) is 15.2. The minimum absolute atomic E-state index is 0.0280. The molecule has 0 aliphatic carbocycles.